The molecule has 168 valence electrons. The van der Waals surface area contributed by atoms with Crippen molar-refractivity contribution in [3.63, 3.8) is 0 Å². The van der Waals surface area contributed by atoms with Gasteiger partial charge in [0.1, 0.15) is 5.82 Å². The lowest BCUT2D eigenvalue weighted by molar-refractivity contribution is 0.0721. The molecule has 1 saturated heterocycles. The largest absolute Gasteiger partial charge is 0.322 e. The van der Waals surface area contributed by atoms with Gasteiger partial charge < -0.3 is 10.2 Å². The highest BCUT2D eigenvalue weighted by molar-refractivity contribution is 6.30. The highest BCUT2D eigenvalue weighted by atomic mass is 35.5. The number of carbonyl (C=O) groups is 1. The zero-order chi connectivity index (χ0) is 22.8. The third-order valence-corrected chi connectivity index (χ3v) is 6.37. The maximum absolute atomic E-state index is 12.9. The standard InChI is InChI=1S/C24H28ClN5O2/c1-4-21(22-27-20-11-6-5-10-19(20)23(31)28(22)3)29-12-13-30(16(2)15-29)24(32)26-18-9-7-8-17(25)14-18/h5-11,14,16,21H,4,12-13,15H2,1-3H3,(H,26,32). The van der Waals surface area contributed by atoms with Crippen molar-refractivity contribution in [2.24, 2.45) is 7.05 Å². The Morgan fingerprint density at radius 1 is 1.22 bits per heavy atom. The number of para-hydroxylation sites is 1. The van der Waals surface area contributed by atoms with Crippen molar-refractivity contribution >= 4 is 34.2 Å². The van der Waals surface area contributed by atoms with E-state index in [9.17, 15) is 9.59 Å². The lowest BCUT2D eigenvalue weighted by Crippen LogP contribution is -2.56. The Labute approximate surface area is 192 Å². The lowest BCUT2D eigenvalue weighted by atomic mass is 10.1. The van der Waals surface area contributed by atoms with Crippen molar-refractivity contribution in [2.75, 3.05) is 25.0 Å². The van der Waals surface area contributed by atoms with Crippen LogP contribution < -0.4 is 10.9 Å². The molecular weight excluding hydrogens is 426 g/mol. The number of anilines is 1. The fraction of sp³-hybridized carbons (Fsp3) is 0.375. The Bertz CT molecular complexity index is 1190. The molecule has 32 heavy (non-hydrogen) atoms. The van der Waals surface area contributed by atoms with Gasteiger partial charge in [0.05, 0.1) is 16.9 Å². The Balaban J connectivity index is 1.52. The average molecular weight is 454 g/mol. The Kier molecular flexibility index (Phi) is 6.48. The van der Waals surface area contributed by atoms with Gasteiger partial charge in [-0.15, -0.1) is 0 Å². The van der Waals surface area contributed by atoms with Crippen LogP contribution in [-0.4, -0.2) is 51.1 Å². The van der Waals surface area contributed by atoms with Gasteiger partial charge in [-0.1, -0.05) is 36.7 Å². The summed E-state index contributed by atoms with van der Waals surface area (Å²) >= 11 is 6.03. The van der Waals surface area contributed by atoms with Gasteiger partial charge in [-0.05, 0) is 43.7 Å². The van der Waals surface area contributed by atoms with Crippen LogP contribution in [0.4, 0.5) is 10.5 Å². The molecule has 1 aliphatic heterocycles. The Morgan fingerprint density at radius 2 is 2.00 bits per heavy atom. The molecule has 2 aromatic carbocycles. The summed E-state index contributed by atoms with van der Waals surface area (Å²) in [6, 6.07) is 14.5. The number of hydrogen-bond acceptors (Lipinski definition) is 4. The van der Waals surface area contributed by atoms with E-state index in [1.54, 1.807) is 23.7 Å². The number of halogens is 1. The van der Waals surface area contributed by atoms with E-state index in [0.29, 0.717) is 35.7 Å². The first-order chi connectivity index (χ1) is 15.4. The maximum atomic E-state index is 12.9. The number of nitrogens with zero attached hydrogens (tertiary/aromatic N) is 4. The number of piperazine rings is 1. The minimum absolute atomic E-state index is 0.00195. The van der Waals surface area contributed by atoms with Crippen LogP contribution in [0.2, 0.25) is 5.02 Å². The van der Waals surface area contributed by atoms with Gasteiger partial charge in [0, 0.05) is 43.4 Å². The van der Waals surface area contributed by atoms with Crippen LogP contribution in [0.15, 0.2) is 53.3 Å². The molecule has 0 saturated carbocycles. The predicted octanol–water partition coefficient (Wildman–Crippen LogP) is 4.28. The van der Waals surface area contributed by atoms with Crippen molar-refractivity contribution in [1.82, 2.24) is 19.4 Å². The summed E-state index contributed by atoms with van der Waals surface area (Å²) < 4.78 is 1.67. The highest BCUT2D eigenvalue weighted by Gasteiger charge is 2.32. The fourth-order valence-corrected chi connectivity index (χ4v) is 4.66. The van der Waals surface area contributed by atoms with Crippen molar-refractivity contribution in [1.29, 1.82) is 0 Å². The third-order valence-electron chi connectivity index (χ3n) is 6.14. The molecule has 7 nitrogen and oxygen atoms in total. The highest BCUT2D eigenvalue weighted by Crippen LogP contribution is 2.26. The van der Waals surface area contributed by atoms with E-state index in [-0.39, 0.29) is 23.7 Å². The minimum Gasteiger partial charge on any atom is -0.319 e. The minimum atomic E-state index is -0.135. The molecule has 2 amide bonds. The SMILES string of the molecule is CCC(c1nc2ccccc2c(=O)n1C)N1CCN(C(=O)Nc2cccc(Cl)c2)C(C)C1. The normalized spacial score (nSPS) is 18.0. The van der Waals surface area contributed by atoms with Crippen LogP contribution in [0.1, 0.15) is 32.1 Å². The van der Waals surface area contributed by atoms with Crippen LogP contribution in [0, 0.1) is 0 Å². The molecule has 0 aliphatic carbocycles. The molecule has 0 bridgehead atoms. The number of fused-ring (bicyclic) bond motifs is 1. The summed E-state index contributed by atoms with van der Waals surface area (Å²) in [6.07, 6.45) is 0.819. The first-order valence-corrected chi connectivity index (χ1v) is 11.3. The fourth-order valence-electron chi connectivity index (χ4n) is 4.47. The van der Waals surface area contributed by atoms with Crippen molar-refractivity contribution in [3.05, 3.63) is 69.7 Å². The van der Waals surface area contributed by atoms with E-state index in [1.165, 1.54) is 0 Å². The van der Waals surface area contributed by atoms with Crippen molar-refractivity contribution < 1.29 is 4.79 Å². The first-order valence-electron chi connectivity index (χ1n) is 10.9. The van der Waals surface area contributed by atoms with Gasteiger partial charge in [-0.25, -0.2) is 9.78 Å². The van der Waals surface area contributed by atoms with Crippen LogP contribution in [0.5, 0.6) is 0 Å². The summed E-state index contributed by atoms with van der Waals surface area (Å²) in [6.45, 7) is 6.14. The smallest absolute Gasteiger partial charge is 0.319 e. The Hall–Kier alpha value is -2.90. The second-order valence-electron chi connectivity index (χ2n) is 8.25. The molecule has 1 aliphatic rings. The summed E-state index contributed by atoms with van der Waals surface area (Å²) in [5, 5.41) is 4.15. The molecular formula is C24H28ClN5O2. The van der Waals surface area contributed by atoms with Gasteiger partial charge in [0.25, 0.3) is 5.56 Å². The van der Waals surface area contributed by atoms with Gasteiger partial charge in [0.2, 0.25) is 0 Å². The van der Waals surface area contributed by atoms with Crippen LogP contribution in [0.25, 0.3) is 10.9 Å². The quantitative estimate of drug-likeness (QED) is 0.640. The molecule has 0 radical (unpaired) electrons. The molecule has 2 heterocycles. The van der Waals surface area contributed by atoms with Gasteiger partial charge >= 0.3 is 6.03 Å². The molecule has 2 atom stereocenters. The van der Waals surface area contributed by atoms with E-state index in [1.807, 2.05) is 48.2 Å². The first kappa shape index (κ1) is 22.3. The van der Waals surface area contributed by atoms with Crippen molar-refractivity contribution in [2.45, 2.75) is 32.4 Å². The summed E-state index contributed by atoms with van der Waals surface area (Å²) in [5.41, 5.74) is 1.37. The Morgan fingerprint density at radius 3 is 2.72 bits per heavy atom. The van der Waals surface area contributed by atoms with Gasteiger partial charge in [-0.2, -0.15) is 0 Å². The zero-order valence-electron chi connectivity index (χ0n) is 18.6. The lowest BCUT2D eigenvalue weighted by Gasteiger charge is -2.43. The summed E-state index contributed by atoms with van der Waals surface area (Å²) in [7, 11) is 1.79. The average Bonchev–Trinajstić information content (AvgIpc) is 2.77. The number of aromatic nitrogens is 2. The maximum Gasteiger partial charge on any atom is 0.322 e. The van der Waals surface area contributed by atoms with Crippen LogP contribution in [0.3, 0.4) is 0 Å². The molecule has 4 rings (SSSR count). The zero-order valence-corrected chi connectivity index (χ0v) is 19.3. The molecule has 1 aromatic heterocycles. The molecule has 0 spiro atoms. The number of nitrogens with one attached hydrogen (secondary N) is 1. The second-order valence-corrected chi connectivity index (χ2v) is 8.69. The predicted molar refractivity (Wildman–Crippen MR) is 128 cm³/mol. The van der Waals surface area contributed by atoms with E-state index in [4.69, 9.17) is 16.6 Å². The van der Waals surface area contributed by atoms with Crippen LogP contribution in [-0.2, 0) is 7.05 Å². The molecule has 1 fully saturated rings. The molecule has 2 unspecified atom stereocenters. The molecule has 8 heteroatoms. The summed E-state index contributed by atoms with van der Waals surface area (Å²) in [5.74, 6) is 0.764. The molecule has 3 aromatic rings. The molecule has 1 N–H and O–H groups in total. The van der Waals surface area contributed by atoms with Crippen molar-refractivity contribution in [3.8, 4) is 0 Å². The monoisotopic (exact) mass is 453 g/mol. The second kappa shape index (κ2) is 9.30. The number of amides is 2. The number of urea groups is 1. The van der Waals surface area contributed by atoms with E-state index in [2.05, 4.69) is 17.1 Å². The topological polar surface area (TPSA) is 70.5 Å². The van der Waals surface area contributed by atoms with E-state index >= 15 is 0 Å². The van der Waals surface area contributed by atoms with Gasteiger partial charge in [0.15, 0.2) is 0 Å². The third kappa shape index (κ3) is 4.36. The van der Waals surface area contributed by atoms with Crippen LogP contribution >= 0.6 is 11.6 Å². The number of carbonyl (C=O) groups excluding carboxylic acids is 1. The van der Waals surface area contributed by atoms with E-state index < -0.39 is 0 Å². The van der Waals surface area contributed by atoms with Gasteiger partial charge in [-0.3, -0.25) is 14.3 Å². The number of hydrogen-bond donors (Lipinski definition) is 1. The summed E-state index contributed by atoms with van der Waals surface area (Å²) in [4.78, 5) is 34.7. The van der Waals surface area contributed by atoms with E-state index in [0.717, 1.165) is 17.8 Å². The number of rotatable bonds is 4. The number of benzene rings is 2.